The van der Waals surface area contributed by atoms with E-state index in [4.69, 9.17) is 34.8 Å². The zero-order chi connectivity index (χ0) is 14.0. The highest BCUT2D eigenvalue weighted by Gasteiger charge is 2.16. The average molecular weight is 378 g/mol. The molecule has 1 nitrogen and oxygen atoms in total. The molecule has 0 bridgehead atoms. The summed E-state index contributed by atoms with van der Waals surface area (Å²) in [6.07, 6.45) is 0.162. The Morgan fingerprint density at radius 2 is 1.63 bits per heavy atom. The minimum atomic E-state index is -0.153. The summed E-state index contributed by atoms with van der Waals surface area (Å²) < 4.78 is 0.865. The Kier molecular flexibility index (Phi) is 4.91. The third-order valence-electron chi connectivity index (χ3n) is 2.61. The van der Waals surface area contributed by atoms with Crippen molar-refractivity contribution in [2.75, 3.05) is 0 Å². The van der Waals surface area contributed by atoms with Gasteiger partial charge in [-0.15, -0.1) is 0 Å². The maximum absolute atomic E-state index is 12.3. The Balaban J connectivity index is 2.31. The first-order chi connectivity index (χ1) is 8.99. The zero-order valence-electron chi connectivity index (χ0n) is 9.59. The van der Waals surface area contributed by atoms with Crippen LogP contribution in [0.4, 0.5) is 0 Å². The lowest BCUT2D eigenvalue weighted by Crippen LogP contribution is -2.05. The number of Topliss-reactive ketones (excluding diaryl/α,β-unsaturated/α-hetero) is 1. The molecule has 0 aliphatic carbocycles. The predicted octanol–water partition coefficient (Wildman–Crippen LogP) is 5.83. The van der Waals surface area contributed by atoms with Gasteiger partial charge in [0.2, 0.25) is 0 Å². The summed E-state index contributed by atoms with van der Waals surface area (Å²) in [5.74, 6) is -0.153. The molecule has 2 aromatic rings. The highest BCUT2D eigenvalue weighted by molar-refractivity contribution is 9.10. The minimum Gasteiger partial charge on any atom is -0.294 e. The average Bonchev–Trinajstić information content (AvgIpc) is 2.32. The molecule has 0 aromatic heterocycles. The van der Waals surface area contributed by atoms with Gasteiger partial charge in [0.25, 0.3) is 0 Å². The van der Waals surface area contributed by atoms with E-state index in [9.17, 15) is 4.79 Å². The monoisotopic (exact) mass is 376 g/mol. The van der Waals surface area contributed by atoms with E-state index in [0.717, 1.165) is 10.0 Å². The van der Waals surface area contributed by atoms with Crippen molar-refractivity contribution in [3.8, 4) is 0 Å². The van der Waals surface area contributed by atoms with Crippen LogP contribution >= 0.6 is 50.7 Å². The maximum Gasteiger partial charge on any atom is 0.170 e. The van der Waals surface area contributed by atoms with E-state index in [1.165, 1.54) is 0 Å². The van der Waals surface area contributed by atoms with Crippen LogP contribution in [0, 0.1) is 0 Å². The van der Waals surface area contributed by atoms with Crippen molar-refractivity contribution in [1.82, 2.24) is 0 Å². The lowest BCUT2D eigenvalue weighted by atomic mass is 10.0. The van der Waals surface area contributed by atoms with E-state index in [1.54, 1.807) is 30.3 Å². The number of carbonyl (C=O) groups excluding carboxylic acids is 1. The van der Waals surface area contributed by atoms with Gasteiger partial charge in [0.1, 0.15) is 0 Å². The van der Waals surface area contributed by atoms with Gasteiger partial charge in [-0.3, -0.25) is 4.79 Å². The van der Waals surface area contributed by atoms with Crippen molar-refractivity contribution >= 4 is 56.5 Å². The molecule has 0 amide bonds. The zero-order valence-corrected chi connectivity index (χ0v) is 13.4. The Morgan fingerprint density at radius 1 is 1.00 bits per heavy atom. The van der Waals surface area contributed by atoms with Crippen LogP contribution in [0.15, 0.2) is 40.9 Å². The number of hydrogen-bond acceptors (Lipinski definition) is 1. The van der Waals surface area contributed by atoms with Crippen molar-refractivity contribution in [3.63, 3.8) is 0 Å². The lowest BCUT2D eigenvalue weighted by Gasteiger charge is -2.07. The topological polar surface area (TPSA) is 17.1 Å². The number of carbonyl (C=O) groups is 1. The van der Waals surface area contributed by atoms with Gasteiger partial charge in [-0.1, -0.05) is 62.9 Å². The summed E-state index contributed by atoms with van der Waals surface area (Å²) in [6, 6.07) is 10.4. The van der Waals surface area contributed by atoms with Crippen molar-refractivity contribution in [3.05, 3.63) is 67.1 Å². The number of ketones is 1. The van der Waals surface area contributed by atoms with E-state index in [0.29, 0.717) is 20.6 Å². The molecule has 0 heterocycles. The van der Waals surface area contributed by atoms with Crippen LogP contribution in [0.1, 0.15) is 15.9 Å². The molecule has 2 aromatic carbocycles. The number of hydrogen-bond donors (Lipinski definition) is 0. The second-order valence-electron chi connectivity index (χ2n) is 3.93. The van der Waals surface area contributed by atoms with Crippen molar-refractivity contribution < 1.29 is 4.79 Å². The molecule has 0 radical (unpaired) electrons. The van der Waals surface area contributed by atoms with E-state index in [-0.39, 0.29) is 12.2 Å². The van der Waals surface area contributed by atoms with Crippen molar-refractivity contribution in [2.45, 2.75) is 6.42 Å². The van der Waals surface area contributed by atoms with Gasteiger partial charge in [0.15, 0.2) is 5.78 Å². The van der Waals surface area contributed by atoms with E-state index >= 15 is 0 Å². The number of rotatable bonds is 3. The first kappa shape index (κ1) is 14.9. The molecule has 0 saturated heterocycles. The standard InChI is InChI=1S/C14H8BrCl3O/c15-9-5-4-8(12(18)7-9)6-13(19)14-10(16)2-1-3-11(14)17/h1-5,7H,6H2. The summed E-state index contributed by atoms with van der Waals surface area (Å²) in [4.78, 5) is 12.3. The molecule has 0 atom stereocenters. The first-order valence-corrected chi connectivity index (χ1v) is 7.33. The highest BCUT2D eigenvalue weighted by atomic mass is 79.9. The van der Waals surface area contributed by atoms with Gasteiger partial charge >= 0.3 is 0 Å². The molecular weight excluding hydrogens is 370 g/mol. The predicted molar refractivity (Wildman–Crippen MR) is 83.6 cm³/mol. The van der Waals surface area contributed by atoms with Gasteiger partial charge in [-0.25, -0.2) is 0 Å². The Hall–Kier alpha value is -0.540. The van der Waals surface area contributed by atoms with Crippen LogP contribution in [0.3, 0.4) is 0 Å². The summed E-state index contributed by atoms with van der Waals surface area (Å²) >= 11 is 21.4. The molecule has 0 unspecified atom stereocenters. The normalized spacial score (nSPS) is 10.5. The molecule has 19 heavy (non-hydrogen) atoms. The van der Waals surface area contributed by atoms with Crippen LogP contribution in [0.2, 0.25) is 15.1 Å². The molecule has 0 N–H and O–H groups in total. The SMILES string of the molecule is O=C(Cc1ccc(Br)cc1Cl)c1c(Cl)cccc1Cl. The lowest BCUT2D eigenvalue weighted by molar-refractivity contribution is 0.0993. The Labute approximate surface area is 134 Å². The van der Waals surface area contributed by atoms with E-state index in [1.807, 2.05) is 6.07 Å². The van der Waals surface area contributed by atoms with E-state index in [2.05, 4.69) is 15.9 Å². The molecular formula is C14H8BrCl3O. The smallest absolute Gasteiger partial charge is 0.170 e. The Morgan fingerprint density at radius 3 is 2.21 bits per heavy atom. The van der Waals surface area contributed by atoms with Crippen molar-refractivity contribution in [2.24, 2.45) is 0 Å². The molecule has 98 valence electrons. The molecule has 0 aliphatic rings. The fourth-order valence-electron chi connectivity index (χ4n) is 1.69. The third kappa shape index (κ3) is 3.51. The molecule has 0 aliphatic heterocycles. The van der Waals surface area contributed by atoms with Crippen LogP contribution in [-0.2, 0) is 6.42 Å². The summed E-state index contributed by atoms with van der Waals surface area (Å²) in [5.41, 5.74) is 1.08. The van der Waals surface area contributed by atoms with Gasteiger partial charge in [0, 0.05) is 15.9 Å². The molecule has 0 fully saturated rings. The number of benzene rings is 2. The quantitative estimate of drug-likeness (QED) is 0.614. The van der Waals surface area contributed by atoms with Gasteiger partial charge < -0.3 is 0 Å². The fourth-order valence-corrected chi connectivity index (χ4v) is 3.04. The number of halogens is 4. The largest absolute Gasteiger partial charge is 0.294 e. The fraction of sp³-hybridized carbons (Fsp3) is 0.0714. The third-order valence-corrected chi connectivity index (χ3v) is 4.08. The Bertz CT molecular complexity index is 620. The second-order valence-corrected chi connectivity index (χ2v) is 6.07. The van der Waals surface area contributed by atoms with Gasteiger partial charge in [-0.2, -0.15) is 0 Å². The van der Waals surface area contributed by atoms with Crippen LogP contribution in [0.5, 0.6) is 0 Å². The molecule has 2 rings (SSSR count). The molecule has 5 heteroatoms. The van der Waals surface area contributed by atoms with Gasteiger partial charge in [0.05, 0.1) is 15.6 Å². The summed E-state index contributed by atoms with van der Waals surface area (Å²) in [6.45, 7) is 0. The highest BCUT2D eigenvalue weighted by Crippen LogP contribution is 2.28. The van der Waals surface area contributed by atoms with Crippen LogP contribution < -0.4 is 0 Å². The molecule has 0 saturated carbocycles. The first-order valence-electron chi connectivity index (χ1n) is 5.40. The van der Waals surface area contributed by atoms with E-state index < -0.39 is 0 Å². The second kappa shape index (κ2) is 6.27. The minimum absolute atomic E-state index is 0.153. The summed E-state index contributed by atoms with van der Waals surface area (Å²) in [5, 5.41) is 1.24. The van der Waals surface area contributed by atoms with Crippen LogP contribution in [-0.4, -0.2) is 5.78 Å². The van der Waals surface area contributed by atoms with Crippen molar-refractivity contribution in [1.29, 1.82) is 0 Å². The van der Waals surface area contributed by atoms with Gasteiger partial charge in [-0.05, 0) is 29.8 Å². The summed E-state index contributed by atoms with van der Waals surface area (Å²) in [7, 11) is 0. The molecule has 0 spiro atoms. The maximum atomic E-state index is 12.3. The van der Waals surface area contributed by atoms with Crippen LogP contribution in [0.25, 0.3) is 0 Å².